The third kappa shape index (κ3) is 5.15. The molecule has 0 aliphatic carbocycles. The Kier molecular flexibility index (Phi) is 7.14. The summed E-state index contributed by atoms with van der Waals surface area (Å²) in [6.07, 6.45) is 0. The molecule has 2 N–H and O–H groups in total. The summed E-state index contributed by atoms with van der Waals surface area (Å²) in [5.41, 5.74) is 6.23. The predicted octanol–water partition coefficient (Wildman–Crippen LogP) is 6.35. The molecular formula is C23H20BrClN4O2S. The molecule has 3 aromatic carbocycles. The number of rotatable bonds is 8. The standard InChI is InChI=1S/C23H20BrClN4O2S/c1-30-20-11-17(19(24)12-21(20)31-14-15-6-5-9-18(25)10-15)13-26-29-22(27-28-23(29)32)16-7-3-2-4-8-16/h2-12,26H,13-14H2,1H3,(H,28,32). The van der Waals surface area contributed by atoms with E-state index in [1.54, 1.807) is 11.8 Å². The Morgan fingerprint density at radius 3 is 2.66 bits per heavy atom. The molecule has 0 saturated carbocycles. The predicted molar refractivity (Wildman–Crippen MR) is 132 cm³/mol. The van der Waals surface area contributed by atoms with E-state index in [-0.39, 0.29) is 0 Å². The minimum absolute atomic E-state index is 0.381. The lowest BCUT2D eigenvalue weighted by atomic mass is 10.2. The molecule has 164 valence electrons. The Morgan fingerprint density at radius 2 is 1.91 bits per heavy atom. The van der Waals surface area contributed by atoms with E-state index in [1.807, 2.05) is 66.7 Å². The van der Waals surface area contributed by atoms with Crippen molar-refractivity contribution in [1.29, 1.82) is 0 Å². The summed E-state index contributed by atoms with van der Waals surface area (Å²) in [6, 6.07) is 21.2. The van der Waals surface area contributed by atoms with Gasteiger partial charge in [0.05, 0.1) is 13.7 Å². The van der Waals surface area contributed by atoms with Gasteiger partial charge in [-0.1, -0.05) is 70.0 Å². The van der Waals surface area contributed by atoms with Crippen LogP contribution in [-0.2, 0) is 13.2 Å². The van der Waals surface area contributed by atoms with Gasteiger partial charge in [-0.2, -0.15) is 5.10 Å². The zero-order valence-corrected chi connectivity index (χ0v) is 20.3. The second kappa shape index (κ2) is 10.2. The molecule has 1 aromatic heterocycles. The highest BCUT2D eigenvalue weighted by molar-refractivity contribution is 9.10. The van der Waals surface area contributed by atoms with Gasteiger partial charge in [-0.15, -0.1) is 0 Å². The number of hydrogen-bond acceptors (Lipinski definition) is 5. The summed E-state index contributed by atoms with van der Waals surface area (Å²) >= 11 is 15.1. The first kappa shape index (κ1) is 22.4. The number of nitrogens with zero attached hydrogens (tertiary/aromatic N) is 2. The van der Waals surface area contributed by atoms with Crippen LogP contribution in [0.15, 0.2) is 71.2 Å². The van der Waals surface area contributed by atoms with Gasteiger partial charge >= 0.3 is 0 Å². The number of H-pyrrole nitrogens is 1. The van der Waals surface area contributed by atoms with E-state index >= 15 is 0 Å². The summed E-state index contributed by atoms with van der Waals surface area (Å²) in [6.45, 7) is 0.866. The molecule has 4 aromatic rings. The van der Waals surface area contributed by atoms with Crippen molar-refractivity contribution in [3.8, 4) is 22.9 Å². The highest BCUT2D eigenvalue weighted by Gasteiger charge is 2.13. The molecule has 9 heteroatoms. The number of ether oxygens (including phenoxy) is 2. The minimum Gasteiger partial charge on any atom is -0.493 e. The molecule has 1 heterocycles. The molecule has 0 bridgehead atoms. The maximum Gasteiger partial charge on any atom is 0.214 e. The van der Waals surface area contributed by atoms with Crippen LogP contribution in [0.25, 0.3) is 11.4 Å². The molecule has 0 aliphatic heterocycles. The Bertz CT molecular complexity index is 1280. The highest BCUT2D eigenvalue weighted by atomic mass is 79.9. The summed E-state index contributed by atoms with van der Waals surface area (Å²) in [5, 5.41) is 7.86. The van der Waals surface area contributed by atoms with Crippen molar-refractivity contribution < 1.29 is 9.47 Å². The van der Waals surface area contributed by atoms with E-state index < -0.39 is 0 Å². The van der Waals surface area contributed by atoms with E-state index in [0.717, 1.165) is 21.2 Å². The Balaban J connectivity index is 1.52. The quantitative estimate of drug-likeness (QED) is 0.259. The van der Waals surface area contributed by atoms with E-state index in [0.29, 0.717) is 40.3 Å². The fourth-order valence-electron chi connectivity index (χ4n) is 3.16. The average molecular weight is 532 g/mol. The second-order valence-electron chi connectivity index (χ2n) is 6.90. The van der Waals surface area contributed by atoms with E-state index in [2.05, 4.69) is 31.6 Å². The third-order valence-electron chi connectivity index (χ3n) is 4.75. The average Bonchev–Trinajstić information content (AvgIpc) is 3.18. The fraction of sp³-hybridized carbons (Fsp3) is 0.130. The third-order valence-corrected chi connectivity index (χ3v) is 6.00. The van der Waals surface area contributed by atoms with Crippen LogP contribution >= 0.6 is 39.7 Å². The molecule has 0 saturated heterocycles. The SMILES string of the molecule is COc1cc(CNn2c(-c3ccccc3)n[nH]c2=S)c(Br)cc1OCc1cccc(Cl)c1. The lowest BCUT2D eigenvalue weighted by Gasteiger charge is -2.16. The van der Waals surface area contributed by atoms with Gasteiger partial charge in [0.15, 0.2) is 17.3 Å². The van der Waals surface area contributed by atoms with Crippen LogP contribution in [0.4, 0.5) is 0 Å². The van der Waals surface area contributed by atoms with E-state index in [9.17, 15) is 0 Å². The van der Waals surface area contributed by atoms with Gasteiger partial charge in [0, 0.05) is 15.1 Å². The van der Waals surface area contributed by atoms with Gasteiger partial charge in [0.25, 0.3) is 0 Å². The second-order valence-corrected chi connectivity index (χ2v) is 8.58. The molecule has 0 atom stereocenters. The first-order valence-corrected chi connectivity index (χ1v) is 11.3. The minimum atomic E-state index is 0.381. The van der Waals surface area contributed by atoms with Crippen LogP contribution in [0.5, 0.6) is 11.5 Å². The number of aromatic amines is 1. The number of methoxy groups -OCH3 is 1. The maximum atomic E-state index is 6.06. The largest absolute Gasteiger partial charge is 0.493 e. The van der Waals surface area contributed by atoms with Crippen molar-refractivity contribution in [3.05, 3.63) is 92.1 Å². The first-order chi connectivity index (χ1) is 15.5. The van der Waals surface area contributed by atoms with Crippen LogP contribution in [0.1, 0.15) is 11.1 Å². The monoisotopic (exact) mass is 530 g/mol. The number of nitrogens with one attached hydrogen (secondary N) is 2. The summed E-state index contributed by atoms with van der Waals surface area (Å²) in [4.78, 5) is 0. The smallest absolute Gasteiger partial charge is 0.214 e. The highest BCUT2D eigenvalue weighted by Crippen LogP contribution is 2.34. The summed E-state index contributed by atoms with van der Waals surface area (Å²) in [7, 11) is 1.62. The zero-order chi connectivity index (χ0) is 22.5. The Hall–Kier alpha value is -2.81. The van der Waals surface area contributed by atoms with Gasteiger partial charge in [-0.05, 0) is 47.6 Å². The van der Waals surface area contributed by atoms with Crippen molar-refractivity contribution in [2.24, 2.45) is 0 Å². The van der Waals surface area contributed by atoms with Crippen LogP contribution in [0.3, 0.4) is 0 Å². The van der Waals surface area contributed by atoms with Crippen molar-refractivity contribution in [1.82, 2.24) is 14.9 Å². The number of benzene rings is 3. The number of aromatic nitrogens is 3. The van der Waals surface area contributed by atoms with Crippen LogP contribution in [0, 0.1) is 4.77 Å². The van der Waals surface area contributed by atoms with Crippen molar-refractivity contribution >= 4 is 39.7 Å². The zero-order valence-electron chi connectivity index (χ0n) is 17.1. The molecule has 0 fully saturated rings. The summed E-state index contributed by atoms with van der Waals surface area (Å²) < 4.78 is 14.7. The number of hydrogen-bond donors (Lipinski definition) is 2. The van der Waals surface area contributed by atoms with Crippen LogP contribution < -0.4 is 14.9 Å². The summed E-state index contributed by atoms with van der Waals surface area (Å²) in [5.74, 6) is 1.97. The molecule has 0 amide bonds. The van der Waals surface area contributed by atoms with Gasteiger partial charge in [-0.25, -0.2) is 9.77 Å². The first-order valence-electron chi connectivity index (χ1n) is 9.75. The van der Waals surface area contributed by atoms with E-state index in [4.69, 9.17) is 33.3 Å². The molecule has 32 heavy (non-hydrogen) atoms. The van der Waals surface area contributed by atoms with Crippen LogP contribution in [0.2, 0.25) is 5.02 Å². The number of halogens is 2. The molecule has 0 spiro atoms. The Morgan fingerprint density at radius 1 is 1.09 bits per heavy atom. The normalized spacial score (nSPS) is 10.7. The van der Waals surface area contributed by atoms with Crippen LogP contribution in [-0.4, -0.2) is 22.0 Å². The molecule has 4 rings (SSSR count). The van der Waals surface area contributed by atoms with Gasteiger partial charge in [0.2, 0.25) is 4.77 Å². The molecule has 0 radical (unpaired) electrons. The van der Waals surface area contributed by atoms with E-state index in [1.165, 1.54) is 0 Å². The lowest BCUT2D eigenvalue weighted by Crippen LogP contribution is -2.16. The molecule has 0 unspecified atom stereocenters. The van der Waals surface area contributed by atoms with Gasteiger partial charge in [0.1, 0.15) is 6.61 Å². The van der Waals surface area contributed by atoms with Gasteiger partial charge in [-0.3, -0.25) is 0 Å². The molecule has 0 aliphatic rings. The topological polar surface area (TPSA) is 64.1 Å². The molecule has 6 nitrogen and oxygen atoms in total. The van der Waals surface area contributed by atoms with Crippen molar-refractivity contribution in [2.75, 3.05) is 12.5 Å². The van der Waals surface area contributed by atoms with Gasteiger partial charge < -0.3 is 14.9 Å². The van der Waals surface area contributed by atoms with Crippen molar-refractivity contribution in [3.63, 3.8) is 0 Å². The maximum absolute atomic E-state index is 6.06. The Labute approximate surface area is 204 Å². The van der Waals surface area contributed by atoms with Crippen molar-refractivity contribution in [2.45, 2.75) is 13.2 Å². The molecular weight excluding hydrogens is 512 g/mol. The lowest BCUT2D eigenvalue weighted by molar-refractivity contribution is 0.284. The fourth-order valence-corrected chi connectivity index (χ4v) is 4.03.